The van der Waals surface area contributed by atoms with E-state index in [1.54, 1.807) is 0 Å². The average molecular weight is 499 g/mol. The SMILES string of the molecule is CCNC(=NCC(C1CC1)N(C)C)NCC(c1ccccc1)N1CCCC1.I. The van der Waals surface area contributed by atoms with Gasteiger partial charge < -0.3 is 15.5 Å². The summed E-state index contributed by atoms with van der Waals surface area (Å²) in [5.41, 5.74) is 1.40. The van der Waals surface area contributed by atoms with E-state index in [2.05, 4.69) is 71.8 Å². The Morgan fingerprint density at radius 3 is 2.39 bits per heavy atom. The van der Waals surface area contributed by atoms with Crippen molar-refractivity contribution < 1.29 is 0 Å². The molecule has 0 spiro atoms. The molecule has 1 aliphatic heterocycles. The Bertz CT molecular complexity index is 580. The largest absolute Gasteiger partial charge is 0.357 e. The van der Waals surface area contributed by atoms with Crippen molar-refractivity contribution >= 4 is 29.9 Å². The van der Waals surface area contributed by atoms with Crippen LogP contribution in [0.25, 0.3) is 0 Å². The number of aliphatic imine (C=N–C) groups is 1. The highest BCUT2D eigenvalue weighted by atomic mass is 127. The Labute approximate surface area is 188 Å². The van der Waals surface area contributed by atoms with Crippen LogP contribution in [0.5, 0.6) is 0 Å². The molecule has 0 bridgehead atoms. The predicted octanol–water partition coefficient (Wildman–Crippen LogP) is 3.34. The number of benzene rings is 1. The number of hydrogen-bond donors (Lipinski definition) is 2. The molecule has 1 aromatic carbocycles. The smallest absolute Gasteiger partial charge is 0.191 e. The summed E-state index contributed by atoms with van der Waals surface area (Å²) in [7, 11) is 4.36. The second kappa shape index (κ2) is 12.0. The third kappa shape index (κ3) is 6.88. The maximum Gasteiger partial charge on any atom is 0.191 e. The molecule has 2 aliphatic rings. The summed E-state index contributed by atoms with van der Waals surface area (Å²) in [4.78, 5) is 9.87. The third-order valence-corrected chi connectivity index (χ3v) is 5.84. The first-order chi connectivity index (χ1) is 13.2. The lowest BCUT2D eigenvalue weighted by molar-refractivity contribution is 0.245. The molecule has 2 unspecified atom stereocenters. The van der Waals surface area contributed by atoms with Crippen LogP contribution in [0.1, 0.15) is 44.2 Å². The van der Waals surface area contributed by atoms with E-state index in [-0.39, 0.29) is 24.0 Å². The quantitative estimate of drug-likeness (QED) is 0.311. The second-order valence-electron chi connectivity index (χ2n) is 8.14. The lowest BCUT2D eigenvalue weighted by Crippen LogP contribution is -2.43. The van der Waals surface area contributed by atoms with Crippen molar-refractivity contribution in [3.05, 3.63) is 35.9 Å². The zero-order chi connectivity index (χ0) is 19.1. The molecule has 1 heterocycles. The normalized spacial score (nSPS) is 19.9. The summed E-state index contributed by atoms with van der Waals surface area (Å²) in [6, 6.07) is 11.9. The number of guanidine groups is 1. The van der Waals surface area contributed by atoms with Gasteiger partial charge in [-0.25, -0.2) is 0 Å². The lowest BCUT2D eigenvalue weighted by Gasteiger charge is -2.29. The molecule has 2 fully saturated rings. The molecule has 3 rings (SSSR count). The maximum absolute atomic E-state index is 4.92. The minimum atomic E-state index is 0. The first-order valence-corrected chi connectivity index (χ1v) is 10.7. The molecule has 1 saturated heterocycles. The van der Waals surface area contributed by atoms with Crippen LogP contribution in [-0.4, -0.2) is 68.6 Å². The van der Waals surface area contributed by atoms with Gasteiger partial charge in [0.15, 0.2) is 5.96 Å². The van der Waals surface area contributed by atoms with Gasteiger partial charge in [0, 0.05) is 19.1 Å². The molecule has 6 heteroatoms. The van der Waals surface area contributed by atoms with Crippen LogP contribution in [0.2, 0.25) is 0 Å². The van der Waals surface area contributed by atoms with Crippen molar-refractivity contribution in [1.29, 1.82) is 0 Å². The molecule has 1 aliphatic carbocycles. The van der Waals surface area contributed by atoms with Gasteiger partial charge in [-0.3, -0.25) is 9.89 Å². The summed E-state index contributed by atoms with van der Waals surface area (Å²) in [6.07, 6.45) is 5.33. The van der Waals surface area contributed by atoms with Crippen molar-refractivity contribution in [2.75, 3.05) is 46.8 Å². The zero-order valence-electron chi connectivity index (χ0n) is 17.7. The number of hydrogen-bond acceptors (Lipinski definition) is 3. The number of likely N-dealkylation sites (tertiary alicyclic amines) is 1. The molecule has 1 saturated carbocycles. The highest BCUT2D eigenvalue weighted by Crippen LogP contribution is 2.34. The van der Waals surface area contributed by atoms with Gasteiger partial charge in [-0.15, -0.1) is 24.0 Å². The third-order valence-electron chi connectivity index (χ3n) is 5.84. The van der Waals surface area contributed by atoms with Crippen LogP contribution in [-0.2, 0) is 0 Å². The average Bonchev–Trinajstić information content (AvgIpc) is 3.36. The topological polar surface area (TPSA) is 42.9 Å². The highest BCUT2D eigenvalue weighted by molar-refractivity contribution is 14.0. The van der Waals surface area contributed by atoms with Gasteiger partial charge in [0.05, 0.1) is 12.6 Å². The van der Waals surface area contributed by atoms with Crippen molar-refractivity contribution in [2.45, 2.75) is 44.7 Å². The molecule has 1 aromatic rings. The summed E-state index contributed by atoms with van der Waals surface area (Å²) in [6.45, 7) is 7.18. The number of rotatable bonds is 9. The molecule has 28 heavy (non-hydrogen) atoms. The fraction of sp³-hybridized carbons (Fsp3) is 0.682. The highest BCUT2D eigenvalue weighted by Gasteiger charge is 2.32. The van der Waals surface area contributed by atoms with Crippen LogP contribution in [0.4, 0.5) is 0 Å². The Morgan fingerprint density at radius 2 is 1.82 bits per heavy atom. The molecule has 5 nitrogen and oxygen atoms in total. The molecular weight excluding hydrogens is 461 g/mol. The van der Waals surface area contributed by atoms with Crippen molar-refractivity contribution in [2.24, 2.45) is 10.9 Å². The van der Waals surface area contributed by atoms with Crippen LogP contribution in [0, 0.1) is 5.92 Å². The lowest BCUT2D eigenvalue weighted by atomic mass is 10.1. The van der Waals surface area contributed by atoms with Gasteiger partial charge in [-0.1, -0.05) is 30.3 Å². The van der Waals surface area contributed by atoms with Gasteiger partial charge in [0.2, 0.25) is 0 Å². The first-order valence-electron chi connectivity index (χ1n) is 10.7. The standard InChI is InChI=1S/C22H37N5.HI/c1-4-23-22(24-16-20(26(2)3)19-12-13-19)25-17-21(27-14-8-9-15-27)18-10-6-5-7-11-18;/h5-7,10-11,19-21H,4,8-9,12-17H2,1-3H3,(H2,23,24,25);1H. The van der Waals surface area contributed by atoms with Crippen LogP contribution < -0.4 is 10.6 Å². The molecule has 158 valence electrons. The minimum absolute atomic E-state index is 0. The summed E-state index contributed by atoms with van der Waals surface area (Å²) >= 11 is 0. The van der Waals surface area contributed by atoms with E-state index in [1.165, 1.54) is 44.3 Å². The van der Waals surface area contributed by atoms with Gasteiger partial charge >= 0.3 is 0 Å². The van der Waals surface area contributed by atoms with Crippen molar-refractivity contribution in [1.82, 2.24) is 20.4 Å². The van der Waals surface area contributed by atoms with Crippen LogP contribution in [0.3, 0.4) is 0 Å². The van der Waals surface area contributed by atoms with E-state index < -0.39 is 0 Å². The fourth-order valence-corrected chi connectivity index (χ4v) is 4.12. The molecule has 0 amide bonds. The van der Waals surface area contributed by atoms with Gasteiger partial charge in [0.1, 0.15) is 0 Å². The molecule has 0 aromatic heterocycles. The van der Waals surface area contributed by atoms with Gasteiger partial charge in [0.25, 0.3) is 0 Å². The molecule has 2 N–H and O–H groups in total. The zero-order valence-corrected chi connectivity index (χ0v) is 20.1. The van der Waals surface area contributed by atoms with Crippen molar-refractivity contribution in [3.63, 3.8) is 0 Å². The summed E-state index contributed by atoms with van der Waals surface area (Å²) in [5.74, 6) is 1.78. The number of nitrogens with zero attached hydrogens (tertiary/aromatic N) is 3. The van der Waals surface area contributed by atoms with Crippen molar-refractivity contribution in [3.8, 4) is 0 Å². The molecule has 2 atom stereocenters. The fourth-order valence-electron chi connectivity index (χ4n) is 4.12. The van der Waals surface area contributed by atoms with Gasteiger partial charge in [-0.2, -0.15) is 0 Å². The number of nitrogens with one attached hydrogen (secondary N) is 2. The minimum Gasteiger partial charge on any atom is -0.357 e. The Balaban J connectivity index is 0.00000280. The monoisotopic (exact) mass is 499 g/mol. The van der Waals surface area contributed by atoms with Crippen LogP contribution in [0.15, 0.2) is 35.3 Å². The predicted molar refractivity (Wildman–Crippen MR) is 130 cm³/mol. The van der Waals surface area contributed by atoms with E-state index in [9.17, 15) is 0 Å². The van der Waals surface area contributed by atoms with Crippen LogP contribution >= 0.6 is 24.0 Å². The summed E-state index contributed by atoms with van der Waals surface area (Å²) in [5, 5.41) is 7.06. The van der Waals surface area contributed by atoms with E-state index in [0.29, 0.717) is 12.1 Å². The molecule has 0 radical (unpaired) electrons. The Morgan fingerprint density at radius 1 is 1.14 bits per heavy atom. The van der Waals surface area contributed by atoms with E-state index in [0.717, 1.165) is 31.5 Å². The number of halogens is 1. The first kappa shape index (κ1) is 23.4. The van der Waals surface area contributed by atoms with E-state index in [1.807, 2.05) is 0 Å². The van der Waals surface area contributed by atoms with E-state index >= 15 is 0 Å². The Kier molecular flexibility index (Phi) is 10.0. The Hall–Kier alpha value is -0.860. The molecular formula is C22H38IN5. The summed E-state index contributed by atoms with van der Waals surface area (Å²) < 4.78 is 0. The maximum atomic E-state index is 4.92. The second-order valence-corrected chi connectivity index (χ2v) is 8.14. The van der Waals surface area contributed by atoms with E-state index in [4.69, 9.17) is 4.99 Å². The number of likely N-dealkylation sites (N-methyl/N-ethyl adjacent to an activating group) is 1. The van der Waals surface area contributed by atoms with Gasteiger partial charge in [-0.05, 0) is 71.3 Å².